The van der Waals surface area contributed by atoms with E-state index in [0.717, 1.165) is 0 Å². The Balaban J connectivity index is -0.0000000103. The van der Waals surface area contributed by atoms with Gasteiger partial charge < -0.3 is 0 Å². The zero-order valence-corrected chi connectivity index (χ0v) is 16.8. The molecule has 0 bridgehead atoms. The molecule has 0 heteroatoms. The predicted molar refractivity (Wildman–Crippen MR) is 126 cm³/mol. The van der Waals surface area contributed by atoms with E-state index in [2.05, 4.69) is 112 Å². The molecule has 0 saturated carbocycles. The molecule has 0 aliphatic carbocycles. The summed E-state index contributed by atoms with van der Waals surface area (Å²) >= 11 is 0. The quantitative estimate of drug-likeness (QED) is 0.390. The van der Waals surface area contributed by atoms with Crippen LogP contribution in [0.25, 0.3) is 0 Å². The van der Waals surface area contributed by atoms with Crippen molar-refractivity contribution in [2.45, 2.75) is 20.8 Å². The van der Waals surface area contributed by atoms with E-state index < -0.39 is 0 Å². The Morgan fingerprint density at radius 2 is 0.304 bits per heavy atom. The lowest BCUT2D eigenvalue weighted by atomic mass is 10.8. The first-order chi connectivity index (χ1) is 11.2. The highest BCUT2D eigenvalue weighted by molar-refractivity contribution is 4.52. The number of hydrogen-bond acceptors (Lipinski definition) is 0. The highest BCUT2D eigenvalue weighted by atomic mass is 13.2. The average Bonchev–Trinajstić information content (AvgIpc) is 2.68. The largest absolute Gasteiger partial charge is 0.106 e. The maximum Gasteiger partial charge on any atom is -0.0473 e. The van der Waals surface area contributed by atoms with Gasteiger partial charge in [0.15, 0.2) is 0 Å². The topological polar surface area (TPSA) is 0 Å². The van der Waals surface area contributed by atoms with Gasteiger partial charge in [0.2, 0.25) is 0 Å². The lowest BCUT2D eigenvalue weighted by molar-refractivity contribution is 1.80. The monoisotopic (exact) mass is 322 g/mol. The van der Waals surface area contributed by atoms with E-state index in [0.29, 0.717) is 0 Å². The fraction of sp³-hybridized carbons (Fsp3) is 0.130. The summed E-state index contributed by atoms with van der Waals surface area (Å²) in [4.78, 5) is 0. The molecule has 0 aromatic rings. The minimum Gasteiger partial charge on any atom is -0.106 e. The molecule has 0 aliphatic rings. The van der Waals surface area contributed by atoms with E-state index >= 15 is 0 Å². The van der Waals surface area contributed by atoms with Gasteiger partial charge in [0.05, 0.1) is 0 Å². The van der Waals surface area contributed by atoms with Crippen molar-refractivity contribution in [2.75, 3.05) is 0 Å². The van der Waals surface area contributed by atoms with Gasteiger partial charge in [-0.2, -0.15) is 0 Å². The minimum atomic E-state index is 1.75. The Bertz CT molecular complexity index is 88.1. The van der Waals surface area contributed by atoms with E-state index in [1.807, 2.05) is 20.8 Å². The SMILES string of the molecule is C=C.C=C.C=C.C=C.C=C.C=C.C=C.C=CC.C=CC.C=CC. The molecule has 0 rings (SSSR count). The molecule has 0 fully saturated rings. The van der Waals surface area contributed by atoms with Gasteiger partial charge in [0.25, 0.3) is 0 Å². The maximum absolute atomic E-state index is 3.36. The minimum absolute atomic E-state index is 1.75. The normalized spacial score (nSPS) is 2.91. The first-order valence-electron chi connectivity index (χ1n) is 6.46. The predicted octanol–water partition coefficient (Wildman–Crippen LogP) is 9.19. The van der Waals surface area contributed by atoms with Crippen molar-refractivity contribution in [3.8, 4) is 0 Å². The van der Waals surface area contributed by atoms with Gasteiger partial charge in [-0.05, 0) is 20.8 Å². The Labute approximate surface area is 151 Å². The average molecular weight is 323 g/mol. The molecule has 138 valence electrons. The van der Waals surface area contributed by atoms with Gasteiger partial charge in [-0.1, -0.05) is 18.2 Å². The van der Waals surface area contributed by atoms with Crippen molar-refractivity contribution in [3.05, 3.63) is 130 Å². The van der Waals surface area contributed by atoms with Crippen LogP contribution in [-0.2, 0) is 0 Å². The summed E-state index contributed by atoms with van der Waals surface area (Å²) < 4.78 is 0. The molecule has 0 radical (unpaired) electrons. The van der Waals surface area contributed by atoms with Crippen molar-refractivity contribution >= 4 is 0 Å². The molecule has 0 heterocycles. The Kier molecular flexibility index (Phi) is 127000. The van der Waals surface area contributed by atoms with E-state index in [1.54, 1.807) is 18.2 Å². The van der Waals surface area contributed by atoms with Crippen LogP contribution in [0, 0.1) is 0 Å². The molecule has 0 spiro atoms. The summed E-state index contributed by atoms with van der Waals surface area (Å²) in [5.74, 6) is 0. The zero-order valence-electron chi connectivity index (χ0n) is 16.8. The van der Waals surface area contributed by atoms with Crippen LogP contribution in [0.2, 0.25) is 0 Å². The second-order valence-electron chi connectivity index (χ2n) is 1.22. The fourth-order valence-corrected chi connectivity index (χ4v) is 0. The van der Waals surface area contributed by atoms with Gasteiger partial charge in [0, 0.05) is 0 Å². The summed E-state index contributed by atoms with van der Waals surface area (Å²) in [6.07, 6.45) is 5.25. The third-order valence-corrected chi connectivity index (χ3v) is 0. The van der Waals surface area contributed by atoms with Gasteiger partial charge >= 0.3 is 0 Å². The first kappa shape index (κ1) is 71.0. The molecule has 0 aliphatic heterocycles. The highest BCUT2D eigenvalue weighted by Crippen LogP contribution is 1.38. The molecular formula is C23H46. The number of allylic oxidation sites excluding steroid dienone is 3. The summed E-state index contributed by atoms with van der Waals surface area (Å²) in [7, 11) is 0. The van der Waals surface area contributed by atoms with E-state index in [4.69, 9.17) is 0 Å². The van der Waals surface area contributed by atoms with Crippen LogP contribution in [0.5, 0.6) is 0 Å². The van der Waals surface area contributed by atoms with Crippen molar-refractivity contribution < 1.29 is 0 Å². The van der Waals surface area contributed by atoms with E-state index in [-0.39, 0.29) is 0 Å². The fourth-order valence-electron chi connectivity index (χ4n) is 0. The van der Waals surface area contributed by atoms with E-state index in [1.165, 1.54) is 0 Å². The van der Waals surface area contributed by atoms with Crippen molar-refractivity contribution in [3.63, 3.8) is 0 Å². The van der Waals surface area contributed by atoms with E-state index in [9.17, 15) is 0 Å². The summed E-state index contributed by atoms with van der Waals surface area (Å²) in [6.45, 7) is 57.8. The molecule has 0 aromatic heterocycles. The Morgan fingerprint density at radius 3 is 0.304 bits per heavy atom. The van der Waals surface area contributed by atoms with Crippen LogP contribution in [0.15, 0.2) is 130 Å². The molecule has 23 heavy (non-hydrogen) atoms. The van der Waals surface area contributed by atoms with Crippen molar-refractivity contribution in [2.24, 2.45) is 0 Å². The first-order valence-corrected chi connectivity index (χ1v) is 6.46. The number of rotatable bonds is 0. The smallest absolute Gasteiger partial charge is 0.0473 e. The second-order valence-corrected chi connectivity index (χ2v) is 1.22. The van der Waals surface area contributed by atoms with Gasteiger partial charge in [0.1, 0.15) is 0 Å². The van der Waals surface area contributed by atoms with Crippen LogP contribution in [0.3, 0.4) is 0 Å². The van der Waals surface area contributed by atoms with Gasteiger partial charge in [-0.3, -0.25) is 0 Å². The lowest BCUT2D eigenvalue weighted by Crippen LogP contribution is -1.07. The second kappa shape index (κ2) is 41100. The molecule has 0 aromatic carbocycles. The maximum atomic E-state index is 3.36. The van der Waals surface area contributed by atoms with Crippen LogP contribution < -0.4 is 0 Å². The van der Waals surface area contributed by atoms with Crippen LogP contribution in [0.4, 0.5) is 0 Å². The summed E-state index contributed by atoms with van der Waals surface area (Å²) in [6, 6.07) is 0. The molecule has 0 saturated heterocycles. The summed E-state index contributed by atoms with van der Waals surface area (Å²) in [5.41, 5.74) is 0. The molecule has 0 atom stereocenters. The highest BCUT2D eigenvalue weighted by Gasteiger charge is 1.15. The Morgan fingerprint density at radius 1 is 0.304 bits per heavy atom. The zero-order chi connectivity index (χ0) is 22.1. The lowest BCUT2D eigenvalue weighted by Gasteiger charge is -1.31. The third-order valence-electron chi connectivity index (χ3n) is 0. The molecule has 0 N–H and O–H groups in total. The van der Waals surface area contributed by atoms with Gasteiger partial charge in [-0.15, -0.1) is 112 Å². The summed E-state index contributed by atoms with van der Waals surface area (Å²) in [5, 5.41) is 0. The molecule has 0 nitrogen and oxygen atoms in total. The third kappa shape index (κ3) is 869. The van der Waals surface area contributed by atoms with Crippen molar-refractivity contribution in [1.82, 2.24) is 0 Å². The molecule has 0 amide bonds. The standard InChI is InChI=1S/3C3H6.7C2H4/c3*1-3-2;7*1-2/h3*3H,1H2,2H3;7*1-2H2. The molecular weight excluding hydrogens is 276 g/mol. The Hall–Kier alpha value is -2.60. The van der Waals surface area contributed by atoms with Crippen molar-refractivity contribution in [1.29, 1.82) is 0 Å². The van der Waals surface area contributed by atoms with Crippen LogP contribution >= 0.6 is 0 Å². The van der Waals surface area contributed by atoms with Crippen LogP contribution in [-0.4, -0.2) is 0 Å². The van der Waals surface area contributed by atoms with Gasteiger partial charge in [-0.25, -0.2) is 0 Å². The molecule has 0 unspecified atom stereocenters. The number of hydrogen-bond donors (Lipinski definition) is 0. The van der Waals surface area contributed by atoms with Crippen LogP contribution in [0.1, 0.15) is 20.8 Å².